The lowest BCUT2D eigenvalue weighted by molar-refractivity contribution is 0.262. The minimum Gasteiger partial charge on any atom is -0.296 e. The largest absolute Gasteiger partial charge is 0.296 e. The minimum atomic E-state index is -4.03. The zero-order valence-electron chi connectivity index (χ0n) is 11.9. The van der Waals surface area contributed by atoms with Gasteiger partial charge in [0.25, 0.3) is 10.1 Å². The van der Waals surface area contributed by atoms with Gasteiger partial charge in [-0.15, -0.1) is 0 Å². The van der Waals surface area contributed by atoms with Crippen molar-refractivity contribution in [2.45, 2.75) is 71.2 Å². The number of hydrogen-bond acceptors (Lipinski definition) is 3. The van der Waals surface area contributed by atoms with Crippen molar-refractivity contribution in [2.75, 3.05) is 0 Å². The summed E-state index contributed by atoms with van der Waals surface area (Å²) < 4.78 is 32.3. The monoisotopic (exact) mass is 277 g/mol. The van der Waals surface area contributed by atoms with Gasteiger partial charge < -0.3 is 0 Å². The Morgan fingerprint density at radius 3 is 2.39 bits per heavy atom. The molecule has 0 aromatic heterocycles. The minimum absolute atomic E-state index is 0.131. The number of nitrogens with one attached hydrogen (secondary N) is 1. The molecule has 2 N–H and O–H groups in total. The van der Waals surface area contributed by atoms with Crippen LogP contribution in [-0.2, 0) is 10.1 Å². The van der Waals surface area contributed by atoms with Crippen molar-refractivity contribution in [3.05, 3.63) is 0 Å². The molecule has 0 spiro atoms. The summed E-state index contributed by atoms with van der Waals surface area (Å²) in [4.78, 5) is 0. The van der Waals surface area contributed by atoms with Crippen LogP contribution in [0.5, 0.6) is 0 Å². The van der Waals surface area contributed by atoms with Crippen LogP contribution in [0.15, 0.2) is 0 Å². The molecule has 18 heavy (non-hydrogen) atoms. The van der Waals surface area contributed by atoms with Crippen LogP contribution in [0.25, 0.3) is 0 Å². The second-order valence-corrected chi connectivity index (χ2v) is 8.50. The Bertz CT molecular complexity index is 359. The summed E-state index contributed by atoms with van der Waals surface area (Å²) in [5.41, 5.74) is -0.131. The predicted molar refractivity (Wildman–Crippen MR) is 74.0 cm³/mol. The van der Waals surface area contributed by atoms with E-state index in [4.69, 9.17) is 0 Å². The van der Waals surface area contributed by atoms with Crippen LogP contribution in [0, 0.1) is 11.3 Å². The highest BCUT2D eigenvalue weighted by atomic mass is 32.2. The van der Waals surface area contributed by atoms with Crippen LogP contribution < -0.4 is 5.32 Å². The average molecular weight is 277 g/mol. The van der Waals surface area contributed by atoms with E-state index in [1.165, 1.54) is 6.42 Å². The molecule has 3 unspecified atom stereocenters. The van der Waals surface area contributed by atoms with Crippen molar-refractivity contribution < 1.29 is 13.0 Å². The molecule has 0 saturated heterocycles. The molecule has 1 fully saturated rings. The van der Waals surface area contributed by atoms with Gasteiger partial charge >= 0.3 is 0 Å². The van der Waals surface area contributed by atoms with Crippen molar-refractivity contribution in [1.82, 2.24) is 5.32 Å². The Morgan fingerprint density at radius 2 is 1.94 bits per heavy atom. The highest BCUT2D eigenvalue weighted by molar-refractivity contribution is 7.86. The summed E-state index contributed by atoms with van der Waals surface area (Å²) in [5.74, 6) is 0.632. The van der Waals surface area contributed by atoms with Crippen LogP contribution in [0.3, 0.4) is 0 Å². The Hall–Kier alpha value is -0.130. The molecule has 0 aromatic rings. The van der Waals surface area contributed by atoms with E-state index in [-0.39, 0.29) is 11.5 Å². The van der Waals surface area contributed by atoms with Crippen molar-refractivity contribution >= 4 is 10.1 Å². The maximum Gasteiger partial charge on any atom is 0.281 e. The van der Waals surface area contributed by atoms with Gasteiger partial charge in [-0.25, -0.2) is 0 Å². The molecule has 1 saturated carbocycles. The maximum absolute atomic E-state index is 11.5. The van der Waals surface area contributed by atoms with Gasteiger partial charge in [-0.3, -0.25) is 9.87 Å². The molecule has 0 radical (unpaired) electrons. The lowest BCUT2D eigenvalue weighted by Crippen LogP contribution is -2.46. The van der Waals surface area contributed by atoms with E-state index in [1.807, 2.05) is 20.8 Å². The standard InChI is InChI=1S/C13H27NO3S/c1-10-6-5-7-11(8-10)14-12(18(15,16)17)9-13(2,3)4/h10-12,14H,5-9H2,1-4H3,(H,15,16,17). The summed E-state index contributed by atoms with van der Waals surface area (Å²) in [6.45, 7) is 8.14. The molecule has 0 heterocycles. The number of rotatable bonds is 4. The first-order valence-electron chi connectivity index (χ1n) is 6.80. The van der Waals surface area contributed by atoms with Crippen LogP contribution in [-0.4, -0.2) is 24.4 Å². The topological polar surface area (TPSA) is 66.4 Å². The van der Waals surface area contributed by atoms with Crippen LogP contribution in [0.1, 0.15) is 59.8 Å². The average Bonchev–Trinajstić information content (AvgIpc) is 2.13. The van der Waals surface area contributed by atoms with E-state index in [1.54, 1.807) is 0 Å². The summed E-state index contributed by atoms with van der Waals surface area (Å²) in [6.07, 6.45) is 4.77. The summed E-state index contributed by atoms with van der Waals surface area (Å²) in [5, 5.41) is 2.30. The molecular weight excluding hydrogens is 250 g/mol. The van der Waals surface area contributed by atoms with E-state index in [9.17, 15) is 13.0 Å². The lowest BCUT2D eigenvalue weighted by Gasteiger charge is -2.32. The fraction of sp³-hybridized carbons (Fsp3) is 1.00. The first kappa shape index (κ1) is 15.9. The second-order valence-electron chi connectivity index (χ2n) is 6.90. The van der Waals surface area contributed by atoms with Gasteiger partial charge in [0.2, 0.25) is 0 Å². The fourth-order valence-corrected chi connectivity index (χ4v) is 3.73. The van der Waals surface area contributed by atoms with Gasteiger partial charge in [0.05, 0.1) is 0 Å². The van der Waals surface area contributed by atoms with Gasteiger partial charge in [-0.2, -0.15) is 8.42 Å². The Kier molecular flexibility index (Phi) is 5.21. The molecule has 0 bridgehead atoms. The van der Waals surface area contributed by atoms with E-state index in [0.717, 1.165) is 19.3 Å². The zero-order chi connectivity index (χ0) is 14.0. The molecule has 3 atom stereocenters. The normalized spacial score (nSPS) is 28.1. The molecule has 5 heteroatoms. The lowest BCUT2D eigenvalue weighted by atomic mass is 9.86. The van der Waals surface area contributed by atoms with Crippen LogP contribution in [0.2, 0.25) is 0 Å². The molecule has 0 aromatic carbocycles. The van der Waals surface area contributed by atoms with E-state index in [0.29, 0.717) is 12.3 Å². The highest BCUT2D eigenvalue weighted by Crippen LogP contribution is 2.27. The van der Waals surface area contributed by atoms with Gasteiger partial charge in [-0.1, -0.05) is 40.5 Å². The maximum atomic E-state index is 11.5. The molecule has 0 aliphatic heterocycles. The summed E-state index contributed by atoms with van der Waals surface area (Å²) in [7, 11) is -4.03. The second kappa shape index (κ2) is 5.88. The third-order valence-electron chi connectivity index (χ3n) is 3.52. The quantitative estimate of drug-likeness (QED) is 0.775. The van der Waals surface area contributed by atoms with Crippen molar-refractivity contribution in [3.63, 3.8) is 0 Å². The Labute approximate surface area is 111 Å². The first-order valence-corrected chi connectivity index (χ1v) is 8.30. The molecule has 1 rings (SSSR count). The molecule has 0 amide bonds. The molecule has 1 aliphatic carbocycles. The van der Waals surface area contributed by atoms with Crippen molar-refractivity contribution in [2.24, 2.45) is 11.3 Å². The van der Waals surface area contributed by atoms with E-state index in [2.05, 4.69) is 12.2 Å². The van der Waals surface area contributed by atoms with Crippen molar-refractivity contribution in [1.29, 1.82) is 0 Å². The van der Waals surface area contributed by atoms with E-state index < -0.39 is 15.5 Å². The van der Waals surface area contributed by atoms with E-state index >= 15 is 0 Å². The van der Waals surface area contributed by atoms with Crippen LogP contribution in [0.4, 0.5) is 0 Å². The summed E-state index contributed by atoms with van der Waals surface area (Å²) in [6, 6.07) is 0.211. The SMILES string of the molecule is CC1CCCC(NC(CC(C)(C)C)S(=O)(=O)O)C1. The highest BCUT2D eigenvalue weighted by Gasteiger charge is 2.31. The van der Waals surface area contributed by atoms with Gasteiger partial charge in [0, 0.05) is 6.04 Å². The number of hydrogen-bond donors (Lipinski definition) is 2. The summed E-state index contributed by atoms with van der Waals surface area (Å²) >= 11 is 0. The van der Waals surface area contributed by atoms with Crippen LogP contribution >= 0.6 is 0 Å². The van der Waals surface area contributed by atoms with Gasteiger partial charge in [0.1, 0.15) is 5.37 Å². The zero-order valence-corrected chi connectivity index (χ0v) is 12.8. The third kappa shape index (κ3) is 5.67. The fourth-order valence-electron chi connectivity index (χ4n) is 2.65. The van der Waals surface area contributed by atoms with Gasteiger partial charge in [0.15, 0.2) is 0 Å². The molecule has 108 valence electrons. The third-order valence-corrected chi connectivity index (χ3v) is 4.54. The molecular formula is C13H27NO3S. The van der Waals surface area contributed by atoms with Gasteiger partial charge in [-0.05, 0) is 30.6 Å². The van der Waals surface area contributed by atoms with Crippen molar-refractivity contribution in [3.8, 4) is 0 Å². The predicted octanol–water partition coefficient (Wildman–Crippen LogP) is 2.80. The first-order chi connectivity index (χ1) is 8.08. The Balaban J connectivity index is 2.67. The molecule has 1 aliphatic rings. The smallest absolute Gasteiger partial charge is 0.281 e. The molecule has 4 nitrogen and oxygen atoms in total. The Morgan fingerprint density at radius 1 is 1.33 bits per heavy atom.